The van der Waals surface area contributed by atoms with Crippen molar-refractivity contribution in [3.8, 4) is 11.3 Å². The monoisotopic (exact) mass is 461 g/mol. The molecule has 3 aromatic rings. The lowest BCUT2D eigenvalue weighted by Crippen LogP contribution is -2.33. The summed E-state index contributed by atoms with van der Waals surface area (Å²) in [5.74, 6) is 0.911. The molecule has 2 aromatic carbocycles. The number of anilines is 1. The van der Waals surface area contributed by atoms with E-state index >= 15 is 0 Å². The number of nitrogens with zero attached hydrogens (tertiary/aromatic N) is 1. The molecule has 4 nitrogen and oxygen atoms in total. The molecule has 1 atom stereocenters. The number of benzene rings is 2. The van der Waals surface area contributed by atoms with E-state index in [1.54, 1.807) is 0 Å². The van der Waals surface area contributed by atoms with Gasteiger partial charge in [0.05, 0.1) is 5.69 Å². The van der Waals surface area contributed by atoms with Crippen molar-refractivity contribution in [3.63, 3.8) is 0 Å². The molecule has 1 aromatic heterocycles. The SMILES string of the molecule is Cc1ccc(-c2[nH]nc3c2C(c2ccc(Br)cc2)C2=C(CC(C)(C)CC2=O)N3)cc1. The fourth-order valence-corrected chi connectivity index (χ4v) is 4.99. The summed E-state index contributed by atoms with van der Waals surface area (Å²) >= 11 is 3.54. The molecule has 152 valence electrons. The third-order valence-electron chi connectivity index (χ3n) is 6.11. The second-order valence-electron chi connectivity index (χ2n) is 9.17. The van der Waals surface area contributed by atoms with Gasteiger partial charge in [0.25, 0.3) is 0 Å². The Hall–Kier alpha value is -2.66. The zero-order valence-corrected chi connectivity index (χ0v) is 18.9. The molecule has 0 fully saturated rings. The van der Waals surface area contributed by atoms with Gasteiger partial charge in [0.2, 0.25) is 0 Å². The van der Waals surface area contributed by atoms with Crippen LogP contribution in [0.15, 0.2) is 64.3 Å². The Morgan fingerprint density at radius 2 is 1.73 bits per heavy atom. The maximum Gasteiger partial charge on any atom is 0.162 e. The molecule has 0 bridgehead atoms. The summed E-state index contributed by atoms with van der Waals surface area (Å²) in [6.45, 7) is 6.39. The first-order valence-electron chi connectivity index (χ1n) is 10.3. The Balaban J connectivity index is 1.73. The number of hydrogen-bond acceptors (Lipinski definition) is 3. The van der Waals surface area contributed by atoms with E-state index in [-0.39, 0.29) is 17.1 Å². The van der Waals surface area contributed by atoms with Crippen LogP contribution in [0.1, 0.15) is 49.3 Å². The molecule has 2 N–H and O–H groups in total. The largest absolute Gasteiger partial charge is 0.342 e. The maximum atomic E-state index is 13.4. The van der Waals surface area contributed by atoms with Gasteiger partial charge in [-0.3, -0.25) is 9.89 Å². The summed E-state index contributed by atoms with van der Waals surface area (Å²) in [6, 6.07) is 16.7. The molecule has 2 heterocycles. The van der Waals surface area contributed by atoms with Crippen LogP contribution in [0, 0.1) is 12.3 Å². The van der Waals surface area contributed by atoms with Crippen molar-refractivity contribution in [2.75, 3.05) is 5.32 Å². The van der Waals surface area contributed by atoms with E-state index in [1.807, 2.05) is 12.1 Å². The average molecular weight is 462 g/mol. The molecule has 1 aliphatic heterocycles. The molecule has 1 aliphatic carbocycles. The zero-order chi connectivity index (χ0) is 21.0. The predicted molar refractivity (Wildman–Crippen MR) is 123 cm³/mol. The van der Waals surface area contributed by atoms with Gasteiger partial charge in [-0.15, -0.1) is 0 Å². The minimum absolute atomic E-state index is 0.0548. The van der Waals surface area contributed by atoms with Gasteiger partial charge in [-0.1, -0.05) is 71.7 Å². The van der Waals surface area contributed by atoms with E-state index in [1.165, 1.54) is 5.56 Å². The van der Waals surface area contributed by atoms with Gasteiger partial charge in [0.1, 0.15) is 0 Å². The maximum absolute atomic E-state index is 13.4. The van der Waals surface area contributed by atoms with Crippen LogP contribution in [-0.2, 0) is 4.79 Å². The first-order valence-corrected chi connectivity index (χ1v) is 11.1. The normalized spacial score (nSPS) is 19.9. The zero-order valence-electron chi connectivity index (χ0n) is 17.3. The van der Waals surface area contributed by atoms with Crippen LogP contribution >= 0.6 is 15.9 Å². The number of allylic oxidation sites excluding steroid dienone is 2. The number of Topliss-reactive ketones (excluding diaryl/α,β-unsaturated/α-hetero) is 1. The number of fused-ring (bicyclic) bond motifs is 1. The van der Waals surface area contributed by atoms with Gasteiger partial charge in [-0.2, -0.15) is 5.10 Å². The first-order chi connectivity index (χ1) is 14.3. The number of nitrogens with one attached hydrogen (secondary N) is 2. The smallest absolute Gasteiger partial charge is 0.162 e. The number of rotatable bonds is 2. The van der Waals surface area contributed by atoms with Crippen molar-refractivity contribution in [1.29, 1.82) is 0 Å². The third kappa shape index (κ3) is 3.21. The van der Waals surface area contributed by atoms with E-state index in [0.717, 1.165) is 50.4 Å². The molecule has 0 spiro atoms. The molecule has 5 rings (SSSR count). The minimum atomic E-state index is -0.136. The molecular weight excluding hydrogens is 438 g/mol. The molecule has 1 unspecified atom stereocenters. The van der Waals surface area contributed by atoms with Gasteiger partial charge < -0.3 is 5.32 Å². The van der Waals surface area contributed by atoms with Gasteiger partial charge in [-0.25, -0.2) is 0 Å². The Morgan fingerprint density at radius 3 is 2.43 bits per heavy atom. The van der Waals surface area contributed by atoms with Crippen molar-refractivity contribution in [2.45, 2.75) is 39.5 Å². The van der Waals surface area contributed by atoms with E-state index < -0.39 is 0 Å². The Bertz CT molecular complexity index is 1170. The lowest BCUT2D eigenvalue weighted by molar-refractivity contribution is -0.118. The Kier molecular flexibility index (Phi) is 4.47. The van der Waals surface area contributed by atoms with Gasteiger partial charge in [0.15, 0.2) is 11.6 Å². The first kappa shape index (κ1) is 19.3. The average Bonchev–Trinajstić information content (AvgIpc) is 3.10. The Morgan fingerprint density at radius 1 is 1.03 bits per heavy atom. The number of aromatic amines is 1. The summed E-state index contributed by atoms with van der Waals surface area (Å²) in [7, 11) is 0. The van der Waals surface area contributed by atoms with E-state index in [2.05, 4.69) is 88.6 Å². The van der Waals surface area contributed by atoms with Gasteiger partial charge >= 0.3 is 0 Å². The number of aromatic nitrogens is 2. The third-order valence-corrected chi connectivity index (χ3v) is 6.64. The van der Waals surface area contributed by atoms with Crippen molar-refractivity contribution < 1.29 is 4.79 Å². The lowest BCUT2D eigenvalue weighted by atomic mass is 9.69. The van der Waals surface area contributed by atoms with Crippen molar-refractivity contribution >= 4 is 27.5 Å². The molecule has 0 radical (unpaired) electrons. The standard InChI is InChI=1S/C25H24BrN3O/c1-14-4-6-16(7-5-14)23-22-20(15-8-10-17(26)11-9-15)21-18(27-24(22)29-28-23)12-25(2,3)13-19(21)30/h4-11,20H,12-13H2,1-3H3,(H2,27,28,29). The molecule has 0 saturated carbocycles. The van der Waals surface area contributed by atoms with E-state index in [4.69, 9.17) is 0 Å². The van der Waals surface area contributed by atoms with Crippen LogP contribution in [-0.4, -0.2) is 16.0 Å². The second-order valence-corrected chi connectivity index (χ2v) is 10.1. The summed E-state index contributed by atoms with van der Waals surface area (Å²) < 4.78 is 1.02. The highest BCUT2D eigenvalue weighted by molar-refractivity contribution is 9.10. The lowest BCUT2D eigenvalue weighted by Gasteiger charge is -2.38. The highest BCUT2D eigenvalue weighted by Gasteiger charge is 2.42. The molecule has 2 aliphatic rings. The number of carbonyl (C=O) groups excluding carboxylic acids is 1. The van der Waals surface area contributed by atoms with Crippen molar-refractivity contribution in [2.24, 2.45) is 5.41 Å². The summed E-state index contributed by atoms with van der Waals surface area (Å²) in [5.41, 5.74) is 7.26. The molecular formula is C25H24BrN3O. The van der Waals surface area contributed by atoms with Crippen molar-refractivity contribution in [1.82, 2.24) is 10.2 Å². The van der Waals surface area contributed by atoms with Crippen molar-refractivity contribution in [3.05, 3.63) is 81.0 Å². The van der Waals surface area contributed by atoms with Crippen LogP contribution in [0.3, 0.4) is 0 Å². The molecule has 5 heteroatoms. The van der Waals surface area contributed by atoms with Crippen LogP contribution < -0.4 is 5.32 Å². The summed E-state index contributed by atoms with van der Waals surface area (Å²) in [6.07, 6.45) is 1.40. The van der Waals surface area contributed by atoms with Gasteiger partial charge in [-0.05, 0) is 42.0 Å². The van der Waals surface area contributed by atoms with Crippen LogP contribution in [0.25, 0.3) is 11.3 Å². The predicted octanol–water partition coefficient (Wildman–Crippen LogP) is 6.35. The molecule has 0 saturated heterocycles. The highest BCUT2D eigenvalue weighted by Crippen LogP contribution is 2.50. The molecule has 0 amide bonds. The number of halogens is 1. The van der Waals surface area contributed by atoms with E-state index in [0.29, 0.717) is 6.42 Å². The van der Waals surface area contributed by atoms with E-state index in [9.17, 15) is 4.79 Å². The fraction of sp³-hybridized carbons (Fsp3) is 0.280. The minimum Gasteiger partial charge on any atom is -0.342 e. The second kappa shape index (κ2) is 6.95. The molecule has 30 heavy (non-hydrogen) atoms. The Labute approximate surface area is 184 Å². The van der Waals surface area contributed by atoms with Gasteiger partial charge in [0, 0.05) is 33.6 Å². The van der Waals surface area contributed by atoms with Crippen LogP contribution in [0.4, 0.5) is 5.82 Å². The van der Waals surface area contributed by atoms with Crippen LogP contribution in [0.5, 0.6) is 0 Å². The number of ketones is 1. The topological polar surface area (TPSA) is 57.8 Å². The number of aryl methyl sites for hydroxylation is 1. The number of carbonyl (C=O) groups is 1. The summed E-state index contributed by atoms with van der Waals surface area (Å²) in [5, 5.41) is 11.4. The summed E-state index contributed by atoms with van der Waals surface area (Å²) in [4.78, 5) is 13.4. The quantitative estimate of drug-likeness (QED) is 0.467. The number of H-pyrrole nitrogens is 1. The number of hydrogen-bond donors (Lipinski definition) is 2. The highest BCUT2D eigenvalue weighted by atomic mass is 79.9. The van der Waals surface area contributed by atoms with Crippen LogP contribution in [0.2, 0.25) is 0 Å². The fourth-order valence-electron chi connectivity index (χ4n) is 4.72.